The van der Waals surface area contributed by atoms with E-state index in [0.717, 1.165) is 16.9 Å². The Morgan fingerprint density at radius 1 is 1.30 bits per heavy atom. The Morgan fingerprint density at radius 3 is 2.63 bits per heavy atom. The third kappa shape index (κ3) is 4.86. The Morgan fingerprint density at radius 2 is 2.00 bits per heavy atom. The second-order valence-electron chi connectivity index (χ2n) is 6.12. The summed E-state index contributed by atoms with van der Waals surface area (Å²) >= 11 is 1.03. The van der Waals surface area contributed by atoms with Crippen molar-refractivity contribution in [3.63, 3.8) is 0 Å². The number of carbonyl (C=O) groups is 2. The zero-order chi connectivity index (χ0) is 20.0. The maximum atomic E-state index is 12.3. The lowest BCUT2D eigenvalue weighted by Gasteiger charge is -2.13. The lowest BCUT2D eigenvalue weighted by atomic mass is 10.0. The number of nitrogens with one attached hydrogen (secondary N) is 1. The van der Waals surface area contributed by atoms with E-state index in [1.54, 1.807) is 13.8 Å². The van der Waals surface area contributed by atoms with E-state index in [4.69, 9.17) is 9.47 Å². The number of rotatable bonds is 7. The van der Waals surface area contributed by atoms with Gasteiger partial charge in [-0.3, -0.25) is 4.79 Å². The summed E-state index contributed by atoms with van der Waals surface area (Å²) in [5.41, 5.74) is 1.78. The maximum absolute atomic E-state index is 12.3. The third-order valence-electron chi connectivity index (χ3n) is 3.87. The second-order valence-corrected chi connectivity index (χ2v) is 7.14. The summed E-state index contributed by atoms with van der Waals surface area (Å²) in [5, 5.41) is 12.4. The molecule has 0 unspecified atom stereocenters. The van der Waals surface area contributed by atoms with Gasteiger partial charge in [-0.05, 0) is 37.0 Å². The first-order valence-corrected chi connectivity index (χ1v) is 9.42. The zero-order valence-electron chi connectivity index (χ0n) is 15.8. The van der Waals surface area contributed by atoms with Gasteiger partial charge in [-0.1, -0.05) is 32.0 Å². The van der Waals surface area contributed by atoms with E-state index in [1.807, 2.05) is 44.2 Å². The smallest absolute Gasteiger partial charge is 0.348 e. The van der Waals surface area contributed by atoms with Crippen molar-refractivity contribution in [2.75, 3.05) is 18.5 Å². The molecule has 0 radical (unpaired) electrons. The average Bonchev–Trinajstić information content (AvgIpc) is 2.95. The van der Waals surface area contributed by atoms with Gasteiger partial charge in [0, 0.05) is 0 Å². The van der Waals surface area contributed by atoms with Crippen LogP contribution in [0.15, 0.2) is 24.3 Å². The van der Waals surface area contributed by atoms with Crippen molar-refractivity contribution in [2.45, 2.75) is 33.6 Å². The quantitative estimate of drug-likeness (QED) is 0.719. The van der Waals surface area contributed by atoms with Gasteiger partial charge in [0.25, 0.3) is 5.91 Å². The van der Waals surface area contributed by atoms with E-state index < -0.39 is 11.9 Å². The zero-order valence-corrected chi connectivity index (χ0v) is 16.6. The molecule has 27 heavy (non-hydrogen) atoms. The predicted molar refractivity (Wildman–Crippen MR) is 104 cm³/mol. The van der Waals surface area contributed by atoms with Crippen molar-refractivity contribution in [1.82, 2.24) is 0 Å². The summed E-state index contributed by atoms with van der Waals surface area (Å²) in [5.74, 6) is 0.0140. The first-order chi connectivity index (χ1) is 12.9. The van der Waals surface area contributed by atoms with Crippen LogP contribution in [0.1, 0.15) is 53.1 Å². The van der Waals surface area contributed by atoms with Crippen molar-refractivity contribution in [3.8, 4) is 11.8 Å². The van der Waals surface area contributed by atoms with E-state index in [1.165, 1.54) is 0 Å². The van der Waals surface area contributed by atoms with Crippen molar-refractivity contribution < 1.29 is 19.1 Å². The van der Waals surface area contributed by atoms with Gasteiger partial charge in [0.2, 0.25) is 0 Å². The van der Waals surface area contributed by atoms with Crippen LogP contribution in [0.2, 0.25) is 0 Å². The molecule has 0 spiro atoms. The topological polar surface area (TPSA) is 88.4 Å². The molecule has 0 bridgehead atoms. The molecule has 1 N–H and O–H groups in total. The molecule has 0 aliphatic rings. The van der Waals surface area contributed by atoms with E-state index in [2.05, 4.69) is 5.32 Å². The standard InChI is InChI=1S/C20H22N2O4S/c1-5-25-20(24)18-13(4)15(10-21)19(27-18)22-17(23)11-26-16-9-7-6-8-14(16)12(2)3/h6-9,12H,5,11H2,1-4H3,(H,22,23). The average molecular weight is 386 g/mol. The molecule has 0 saturated heterocycles. The molecule has 7 heteroatoms. The van der Waals surface area contributed by atoms with Crippen LogP contribution in [0.3, 0.4) is 0 Å². The minimum atomic E-state index is -0.501. The number of hydrogen-bond acceptors (Lipinski definition) is 6. The maximum Gasteiger partial charge on any atom is 0.348 e. The van der Waals surface area contributed by atoms with E-state index in [9.17, 15) is 14.9 Å². The van der Waals surface area contributed by atoms with Gasteiger partial charge in [0.05, 0.1) is 12.2 Å². The van der Waals surface area contributed by atoms with Crippen LogP contribution in [0.25, 0.3) is 0 Å². The number of para-hydroxylation sites is 1. The highest BCUT2D eigenvalue weighted by molar-refractivity contribution is 7.18. The second kappa shape index (κ2) is 9.19. The van der Waals surface area contributed by atoms with Crippen LogP contribution in [0.4, 0.5) is 5.00 Å². The molecule has 0 aliphatic heterocycles. The molecule has 2 aromatic rings. The fourth-order valence-corrected chi connectivity index (χ4v) is 3.59. The van der Waals surface area contributed by atoms with Gasteiger partial charge in [0.15, 0.2) is 6.61 Å². The number of benzene rings is 1. The summed E-state index contributed by atoms with van der Waals surface area (Å²) in [7, 11) is 0. The summed E-state index contributed by atoms with van der Waals surface area (Å²) in [6, 6.07) is 9.58. The largest absolute Gasteiger partial charge is 0.483 e. The van der Waals surface area contributed by atoms with Gasteiger partial charge in [-0.25, -0.2) is 4.79 Å². The predicted octanol–water partition coefficient (Wildman–Crippen LogP) is 4.25. The van der Waals surface area contributed by atoms with Crippen molar-refractivity contribution >= 4 is 28.2 Å². The minimum Gasteiger partial charge on any atom is -0.483 e. The lowest BCUT2D eigenvalue weighted by Crippen LogP contribution is -2.20. The van der Waals surface area contributed by atoms with Crippen LogP contribution >= 0.6 is 11.3 Å². The number of nitriles is 1. The Hall–Kier alpha value is -2.85. The highest BCUT2D eigenvalue weighted by Crippen LogP contribution is 2.33. The molecule has 0 aliphatic carbocycles. The van der Waals surface area contributed by atoms with Crippen molar-refractivity contribution in [1.29, 1.82) is 5.26 Å². The first-order valence-electron chi connectivity index (χ1n) is 8.61. The number of thiophene rings is 1. The van der Waals surface area contributed by atoms with Gasteiger partial charge in [0.1, 0.15) is 21.7 Å². The number of ether oxygens (including phenoxy) is 2. The number of carbonyl (C=O) groups excluding carboxylic acids is 2. The molecule has 6 nitrogen and oxygen atoms in total. The number of amides is 1. The number of esters is 1. The van der Waals surface area contributed by atoms with Crippen LogP contribution < -0.4 is 10.1 Å². The van der Waals surface area contributed by atoms with Gasteiger partial charge in [-0.15, -0.1) is 11.3 Å². The fourth-order valence-electron chi connectivity index (χ4n) is 2.52. The summed E-state index contributed by atoms with van der Waals surface area (Å²) < 4.78 is 10.6. The van der Waals surface area contributed by atoms with Crippen LogP contribution in [0, 0.1) is 18.3 Å². The normalized spacial score (nSPS) is 10.4. The van der Waals surface area contributed by atoms with Crippen molar-refractivity contribution in [3.05, 3.63) is 45.8 Å². The summed E-state index contributed by atoms with van der Waals surface area (Å²) in [6.07, 6.45) is 0. The fraction of sp³-hybridized carbons (Fsp3) is 0.350. The van der Waals surface area contributed by atoms with Crippen LogP contribution in [0.5, 0.6) is 5.75 Å². The Kier molecular flexibility index (Phi) is 6.97. The Labute approximate surface area is 162 Å². The number of nitrogens with zero attached hydrogens (tertiary/aromatic N) is 1. The summed E-state index contributed by atoms with van der Waals surface area (Å²) in [4.78, 5) is 24.6. The van der Waals surface area contributed by atoms with Crippen LogP contribution in [-0.4, -0.2) is 25.1 Å². The number of hydrogen-bond donors (Lipinski definition) is 1. The lowest BCUT2D eigenvalue weighted by molar-refractivity contribution is -0.118. The third-order valence-corrected chi connectivity index (χ3v) is 5.06. The van der Waals surface area contributed by atoms with E-state index in [0.29, 0.717) is 21.2 Å². The summed E-state index contributed by atoms with van der Waals surface area (Å²) in [6.45, 7) is 7.51. The molecule has 1 heterocycles. The van der Waals surface area contributed by atoms with Gasteiger partial charge in [-0.2, -0.15) is 5.26 Å². The van der Waals surface area contributed by atoms with E-state index in [-0.39, 0.29) is 24.7 Å². The molecule has 1 aromatic heterocycles. The molecule has 142 valence electrons. The molecular formula is C20H22N2O4S. The SMILES string of the molecule is CCOC(=O)c1sc(NC(=O)COc2ccccc2C(C)C)c(C#N)c1C. The Bertz CT molecular complexity index is 881. The first kappa shape index (κ1) is 20.5. The van der Waals surface area contributed by atoms with Gasteiger partial charge < -0.3 is 14.8 Å². The monoisotopic (exact) mass is 386 g/mol. The molecule has 0 saturated carbocycles. The molecule has 0 fully saturated rings. The molecule has 1 amide bonds. The van der Waals surface area contributed by atoms with Gasteiger partial charge >= 0.3 is 5.97 Å². The number of anilines is 1. The Balaban J connectivity index is 2.11. The highest BCUT2D eigenvalue weighted by atomic mass is 32.1. The highest BCUT2D eigenvalue weighted by Gasteiger charge is 2.22. The van der Waals surface area contributed by atoms with E-state index >= 15 is 0 Å². The minimum absolute atomic E-state index is 0.194. The molecule has 0 atom stereocenters. The molecule has 1 aromatic carbocycles. The van der Waals surface area contributed by atoms with Crippen molar-refractivity contribution in [2.24, 2.45) is 0 Å². The van der Waals surface area contributed by atoms with Crippen LogP contribution in [-0.2, 0) is 9.53 Å². The molecular weight excluding hydrogens is 364 g/mol. The molecule has 2 rings (SSSR count).